The SMILES string of the molecule is COc1cc(Cl)c(C(Cl)C(F)F)cc1Cl. The van der Waals surface area contributed by atoms with Gasteiger partial charge in [-0.15, -0.1) is 11.6 Å². The van der Waals surface area contributed by atoms with Gasteiger partial charge < -0.3 is 4.74 Å². The van der Waals surface area contributed by atoms with E-state index in [9.17, 15) is 8.78 Å². The Morgan fingerprint density at radius 2 is 1.80 bits per heavy atom. The van der Waals surface area contributed by atoms with Crippen LogP contribution in [0.25, 0.3) is 0 Å². The van der Waals surface area contributed by atoms with Crippen LogP contribution in [0.5, 0.6) is 5.75 Å². The summed E-state index contributed by atoms with van der Waals surface area (Å²) in [6.45, 7) is 0. The second kappa shape index (κ2) is 5.19. The van der Waals surface area contributed by atoms with Crippen molar-refractivity contribution in [2.24, 2.45) is 0 Å². The van der Waals surface area contributed by atoms with Gasteiger partial charge in [-0.1, -0.05) is 23.2 Å². The average Bonchev–Trinajstić information content (AvgIpc) is 2.19. The molecule has 1 rings (SSSR count). The molecule has 0 radical (unpaired) electrons. The van der Waals surface area contributed by atoms with E-state index in [1.165, 1.54) is 19.2 Å². The third-order valence-corrected chi connectivity index (χ3v) is 2.84. The molecule has 0 N–H and O–H groups in total. The van der Waals surface area contributed by atoms with E-state index in [4.69, 9.17) is 39.5 Å². The maximum atomic E-state index is 12.3. The largest absolute Gasteiger partial charge is 0.495 e. The summed E-state index contributed by atoms with van der Waals surface area (Å²) in [5.41, 5.74) is 0.0964. The Kier molecular flexibility index (Phi) is 4.44. The van der Waals surface area contributed by atoms with Crippen LogP contribution in [-0.2, 0) is 0 Å². The lowest BCUT2D eigenvalue weighted by molar-refractivity contribution is 0.143. The van der Waals surface area contributed by atoms with Crippen molar-refractivity contribution in [2.75, 3.05) is 7.11 Å². The third kappa shape index (κ3) is 2.86. The first-order valence-corrected chi connectivity index (χ1v) is 5.11. The fourth-order valence-electron chi connectivity index (χ4n) is 1.05. The molecular formula is C9H7Cl3F2O. The number of alkyl halides is 3. The predicted molar refractivity (Wildman–Crippen MR) is 57.6 cm³/mol. The van der Waals surface area contributed by atoms with Gasteiger partial charge in [-0.25, -0.2) is 8.78 Å². The van der Waals surface area contributed by atoms with Crippen molar-refractivity contribution in [1.82, 2.24) is 0 Å². The third-order valence-electron chi connectivity index (χ3n) is 1.79. The summed E-state index contributed by atoms with van der Waals surface area (Å²) < 4.78 is 29.6. The van der Waals surface area contributed by atoms with Crippen molar-refractivity contribution < 1.29 is 13.5 Å². The number of ether oxygens (including phenoxy) is 1. The van der Waals surface area contributed by atoms with Gasteiger partial charge in [0.05, 0.1) is 12.1 Å². The molecule has 1 aromatic carbocycles. The van der Waals surface area contributed by atoms with E-state index < -0.39 is 11.8 Å². The molecule has 0 heterocycles. The molecule has 0 aliphatic heterocycles. The molecule has 0 saturated carbocycles. The highest BCUT2D eigenvalue weighted by atomic mass is 35.5. The maximum absolute atomic E-state index is 12.3. The lowest BCUT2D eigenvalue weighted by Gasteiger charge is -2.12. The number of rotatable bonds is 3. The first-order valence-electron chi connectivity index (χ1n) is 3.92. The minimum absolute atomic E-state index is 0.0964. The molecule has 1 unspecified atom stereocenters. The lowest BCUT2D eigenvalue weighted by atomic mass is 10.1. The van der Waals surface area contributed by atoms with Crippen LogP contribution >= 0.6 is 34.8 Å². The topological polar surface area (TPSA) is 9.23 Å². The van der Waals surface area contributed by atoms with E-state index in [1.807, 2.05) is 0 Å². The van der Waals surface area contributed by atoms with Gasteiger partial charge in [0.25, 0.3) is 6.43 Å². The highest BCUT2D eigenvalue weighted by Crippen LogP contribution is 2.38. The van der Waals surface area contributed by atoms with Crippen molar-refractivity contribution in [3.8, 4) is 5.75 Å². The molecule has 84 valence electrons. The van der Waals surface area contributed by atoms with Crippen molar-refractivity contribution in [3.05, 3.63) is 27.7 Å². The minimum atomic E-state index is -2.70. The molecule has 1 atom stereocenters. The zero-order valence-electron chi connectivity index (χ0n) is 7.61. The van der Waals surface area contributed by atoms with Crippen LogP contribution in [0.15, 0.2) is 12.1 Å². The Bertz CT molecular complexity index is 357. The Balaban J connectivity index is 3.15. The van der Waals surface area contributed by atoms with Crippen LogP contribution in [0, 0.1) is 0 Å². The standard InChI is InChI=1S/C9H7Cl3F2O/c1-15-7-3-5(10)4(2-6(7)11)8(12)9(13)14/h2-3,8-9H,1H3. The smallest absolute Gasteiger partial charge is 0.258 e. The second-order valence-corrected chi connectivity index (χ2v) is 4.03. The van der Waals surface area contributed by atoms with Gasteiger partial charge >= 0.3 is 0 Å². The van der Waals surface area contributed by atoms with Gasteiger partial charge in [0, 0.05) is 11.1 Å². The highest BCUT2D eigenvalue weighted by Gasteiger charge is 2.23. The van der Waals surface area contributed by atoms with Gasteiger partial charge in [-0.05, 0) is 11.6 Å². The zero-order chi connectivity index (χ0) is 11.6. The summed E-state index contributed by atoms with van der Waals surface area (Å²) in [4.78, 5) is 0. The molecule has 0 amide bonds. The lowest BCUT2D eigenvalue weighted by Crippen LogP contribution is -2.03. The normalized spacial score (nSPS) is 13.0. The second-order valence-electron chi connectivity index (χ2n) is 2.74. The Hall–Kier alpha value is -0.250. The van der Waals surface area contributed by atoms with Crippen LogP contribution in [0.1, 0.15) is 10.9 Å². The molecule has 0 spiro atoms. The fraction of sp³-hybridized carbons (Fsp3) is 0.333. The fourth-order valence-corrected chi connectivity index (χ4v) is 1.80. The Morgan fingerprint density at radius 3 is 2.27 bits per heavy atom. The van der Waals surface area contributed by atoms with E-state index in [2.05, 4.69) is 0 Å². The van der Waals surface area contributed by atoms with E-state index >= 15 is 0 Å². The van der Waals surface area contributed by atoms with Crippen LogP contribution < -0.4 is 4.74 Å². The molecule has 0 fully saturated rings. The monoisotopic (exact) mass is 274 g/mol. The van der Waals surface area contributed by atoms with Gasteiger partial charge in [-0.3, -0.25) is 0 Å². The summed E-state index contributed by atoms with van der Waals surface area (Å²) >= 11 is 17.0. The molecule has 15 heavy (non-hydrogen) atoms. The quantitative estimate of drug-likeness (QED) is 0.736. The molecule has 0 saturated heterocycles. The number of hydrogen-bond acceptors (Lipinski definition) is 1. The molecule has 0 bridgehead atoms. The number of halogens is 5. The van der Waals surface area contributed by atoms with Gasteiger partial charge in [0.15, 0.2) is 0 Å². The number of methoxy groups -OCH3 is 1. The van der Waals surface area contributed by atoms with Crippen molar-refractivity contribution in [3.63, 3.8) is 0 Å². The van der Waals surface area contributed by atoms with Crippen molar-refractivity contribution in [1.29, 1.82) is 0 Å². The number of hydrogen-bond donors (Lipinski definition) is 0. The van der Waals surface area contributed by atoms with Crippen LogP contribution in [-0.4, -0.2) is 13.5 Å². The molecule has 1 nitrogen and oxygen atoms in total. The van der Waals surface area contributed by atoms with Crippen molar-refractivity contribution in [2.45, 2.75) is 11.8 Å². The van der Waals surface area contributed by atoms with E-state index in [-0.39, 0.29) is 15.6 Å². The molecule has 0 aromatic heterocycles. The summed E-state index contributed by atoms with van der Waals surface area (Å²) in [6, 6.07) is 2.64. The highest BCUT2D eigenvalue weighted by molar-refractivity contribution is 6.35. The maximum Gasteiger partial charge on any atom is 0.258 e. The average molecular weight is 276 g/mol. The first kappa shape index (κ1) is 12.8. The van der Waals surface area contributed by atoms with Gasteiger partial charge in [0.2, 0.25) is 0 Å². The van der Waals surface area contributed by atoms with Gasteiger partial charge in [-0.2, -0.15) is 0 Å². The van der Waals surface area contributed by atoms with E-state index in [0.29, 0.717) is 5.75 Å². The predicted octanol–water partition coefficient (Wildman–Crippen LogP) is 4.55. The minimum Gasteiger partial charge on any atom is -0.495 e. The summed E-state index contributed by atoms with van der Waals surface area (Å²) in [6.07, 6.45) is -2.70. The van der Waals surface area contributed by atoms with Crippen LogP contribution in [0.3, 0.4) is 0 Å². The van der Waals surface area contributed by atoms with Crippen LogP contribution in [0.4, 0.5) is 8.78 Å². The Morgan fingerprint density at radius 1 is 1.20 bits per heavy atom. The van der Waals surface area contributed by atoms with E-state index in [0.717, 1.165) is 0 Å². The summed E-state index contributed by atoms with van der Waals surface area (Å²) in [5, 5.41) is -1.17. The summed E-state index contributed by atoms with van der Waals surface area (Å²) in [7, 11) is 1.41. The molecule has 0 aliphatic carbocycles. The molecular weight excluding hydrogens is 268 g/mol. The summed E-state index contributed by atoms with van der Waals surface area (Å²) in [5.74, 6) is 0.323. The molecule has 1 aromatic rings. The number of benzene rings is 1. The van der Waals surface area contributed by atoms with Crippen molar-refractivity contribution >= 4 is 34.8 Å². The molecule has 6 heteroatoms. The molecule has 0 aliphatic rings. The zero-order valence-corrected chi connectivity index (χ0v) is 9.88. The van der Waals surface area contributed by atoms with Gasteiger partial charge in [0.1, 0.15) is 11.1 Å². The van der Waals surface area contributed by atoms with E-state index in [1.54, 1.807) is 0 Å². The van der Waals surface area contributed by atoms with Crippen LogP contribution in [0.2, 0.25) is 10.0 Å². The first-order chi connectivity index (χ1) is 6.97. The Labute approximate surface area is 101 Å².